The highest BCUT2D eigenvalue weighted by Crippen LogP contribution is 2.43. The van der Waals surface area contributed by atoms with Gasteiger partial charge in [0.1, 0.15) is 0 Å². The quantitative estimate of drug-likeness (QED) is 0.905. The van der Waals surface area contributed by atoms with Crippen LogP contribution < -0.4 is 0 Å². The van der Waals surface area contributed by atoms with Gasteiger partial charge in [0, 0.05) is 18.8 Å². The van der Waals surface area contributed by atoms with Crippen molar-refractivity contribution in [3.8, 4) is 0 Å². The topological polar surface area (TPSA) is 33.1 Å². The van der Waals surface area contributed by atoms with E-state index < -0.39 is 5.60 Å². The molecule has 2 nitrogen and oxygen atoms in total. The summed E-state index contributed by atoms with van der Waals surface area (Å²) in [5.74, 6) is 1.44. The predicted molar refractivity (Wildman–Crippen MR) is 79.2 cm³/mol. The van der Waals surface area contributed by atoms with E-state index in [1.54, 1.807) is 12.4 Å². The van der Waals surface area contributed by atoms with Gasteiger partial charge in [0.15, 0.2) is 0 Å². The van der Waals surface area contributed by atoms with Crippen molar-refractivity contribution in [3.63, 3.8) is 0 Å². The van der Waals surface area contributed by atoms with Crippen LogP contribution >= 0.6 is 11.6 Å². The maximum atomic E-state index is 11.2. The Morgan fingerprint density at radius 2 is 2.21 bits per heavy atom. The molecule has 0 aromatic carbocycles. The highest BCUT2D eigenvalue weighted by atomic mass is 35.5. The summed E-state index contributed by atoms with van der Waals surface area (Å²) in [6, 6.07) is 1.93. The standard InChI is InChI=1S/C16H24ClNO/c1-11(2)14-5-4-12(3)8-16(14,19)9-13-6-7-18-10-15(13)17/h6-7,10-12,14,19H,4-5,8-9H2,1-3H3. The number of hydrogen-bond donors (Lipinski definition) is 1. The molecule has 1 aliphatic rings. The molecule has 1 fully saturated rings. The third kappa shape index (κ3) is 3.29. The summed E-state index contributed by atoms with van der Waals surface area (Å²) in [6.07, 6.45) is 7.25. The Morgan fingerprint density at radius 3 is 2.84 bits per heavy atom. The molecule has 106 valence electrons. The van der Waals surface area contributed by atoms with E-state index in [1.165, 1.54) is 6.42 Å². The zero-order chi connectivity index (χ0) is 14.0. The van der Waals surface area contributed by atoms with Gasteiger partial charge in [-0.2, -0.15) is 0 Å². The van der Waals surface area contributed by atoms with E-state index in [4.69, 9.17) is 11.6 Å². The molecular formula is C16H24ClNO. The third-order valence-corrected chi connectivity index (χ3v) is 4.86. The highest BCUT2D eigenvalue weighted by molar-refractivity contribution is 6.31. The van der Waals surface area contributed by atoms with Gasteiger partial charge in [-0.3, -0.25) is 4.98 Å². The number of nitrogens with zero attached hydrogens (tertiary/aromatic N) is 1. The molecule has 1 aliphatic carbocycles. The fourth-order valence-corrected chi connectivity index (χ4v) is 3.81. The van der Waals surface area contributed by atoms with Gasteiger partial charge in [-0.1, -0.05) is 38.8 Å². The summed E-state index contributed by atoms with van der Waals surface area (Å²) in [7, 11) is 0. The normalized spacial score (nSPS) is 31.7. The van der Waals surface area contributed by atoms with Crippen molar-refractivity contribution in [2.45, 2.75) is 52.1 Å². The van der Waals surface area contributed by atoms with Crippen molar-refractivity contribution in [1.82, 2.24) is 4.98 Å². The number of hydrogen-bond acceptors (Lipinski definition) is 2. The number of aromatic nitrogens is 1. The van der Waals surface area contributed by atoms with Gasteiger partial charge in [-0.25, -0.2) is 0 Å². The van der Waals surface area contributed by atoms with Crippen molar-refractivity contribution < 1.29 is 5.11 Å². The lowest BCUT2D eigenvalue weighted by Crippen LogP contribution is -2.47. The average molecular weight is 282 g/mol. The van der Waals surface area contributed by atoms with Gasteiger partial charge < -0.3 is 5.11 Å². The SMILES string of the molecule is CC1CCC(C(C)C)C(O)(Cc2ccncc2Cl)C1. The molecule has 0 aliphatic heterocycles. The Hall–Kier alpha value is -0.600. The molecule has 19 heavy (non-hydrogen) atoms. The Kier molecular flexibility index (Phi) is 4.52. The fraction of sp³-hybridized carbons (Fsp3) is 0.688. The van der Waals surface area contributed by atoms with Gasteiger partial charge in [-0.05, 0) is 42.2 Å². The van der Waals surface area contributed by atoms with E-state index in [-0.39, 0.29) is 0 Å². The Labute approximate surface area is 121 Å². The smallest absolute Gasteiger partial charge is 0.0721 e. The molecule has 2 rings (SSSR count). The number of aliphatic hydroxyl groups is 1. The Morgan fingerprint density at radius 1 is 1.47 bits per heavy atom. The molecule has 1 saturated carbocycles. The summed E-state index contributed by atoms with van der Waals surface area (Å²) in [5, 5.41) is 11.8. The summed E-state index contributed by atoms with van der Waals surface area (Å²) >= 11 is 6.20. The summed E-state index contributed by atoms with van der Waals surface area (Å²) in [5.41, 5.74) is 0.385. The molecule has 3 atom stereocenters. The van der Waals surface area contributed by atoms with Crippen molar-refractivity contribution in [1.29, 1.82) is 0 Å². The van der Waals surface area contributed by atoms with Crippen LogP contribution in [0.3, 0.4) is 0 Å². The van der Waals surface area contributed by atoms with Crippen molar-refractivity contribution >= 4 is 11.6 Å². The minimum Gasteiger partial charge on any atom is -0.389 e. The van der Waals surface area contributed by atoms with Crippen molar-refractivity contribution in [2.24, 2.45) is 17.8 Å². The second kappa shape index (κ2) is 5.80. The largest absolute Gasteiger partial charge is 0.389 e. The Balaban J connectivity index is 2.24. The summed E-state index contributed by atoms with van der Waals surface area (Å²) in [4.78, 5) is 4.02. The average Bonchev–Trinajstić information content (AvgIpc) is 2.31. The van der Waals surface area contributed by atoms with Crippen LogP contribution in [-0.4, -0.2) is 15.7 Å². The van der Waals surface area contributed by atoms with Crippen LogP contribution in [0.15, 0.2) is 18.5 Å². The van der Waals surface area contributed by atoms with E-state index in [9.17, 15) is 5.11 Å². The molecule has 3 heteroatoms. The van der Waals surface area contributed by atoms with E-state index in [2.05, 4.69) is 25.8 Å². The minimum absolute atomic E-state index is 0.355. The molecule has 0 spiro atoms. The monoisotopic (exact) mass is 281 g/mol. The van der Waals surface area contributed by atoms with Crippen LogP contribution in [-0.2, 0) is 6.42 Å². The minimum atomic E-state index is -0.628. The molecule has 3 unspecified atom stereocenters. The lowest BCUT2D eigenvalue weighted by atomic mass is 9.65. The van der Waals surface area contributed by atoms with Crippen LogP contribution in [0.25, 0.3) is 0 Å². The number of rotatable bonds is 3. The first kappa shape index (κ1) is 14.8. The van der Waals surface area contributed by atoms with Crippen LogP contribution in [0.2, 0.25) is 5.02 Å². The van der Waals surface area contributed by atoms with Crippen molar-refractivity contribution in [3.05, 3.63) is 29.0 Å². The number of halogens is 1. The molecule has 0 amide bonds. The van der Waals surface area contributed by atoms with E-state index in [0.717, 1.165) is 18.4 Å². The molecule has 1 aromatic heterocycles. The molecule has 0 radical (unpaired) electrons. The van der Waals surface area contributed by atoms with Crippen LogP contribution in [0.5, 0.6) is 0 Å². The van der Waals surface area contributed by atoms with Crippen molar-refractivity contribution in [2.75, 3.05) is 0 Å². The van der Waals surface area contributed by atoms with E-state index in [1.807, 2.05) is 6.07 Å². The second-order valence-corrected chi connectivity index (χ2v) is 6.89. The lowest BCUT2D eigenvalue weighted by Gasteiger charge is -2.45. The van der Waals surface area contributed by atoms with Gasteiger partial charge in [0.25, 0.3) is 0 Å². The first-order valence-corrected chi connectivity index (χ1v) is 7.61. The maximum Gasteiger partial charge on any atom is 0.0721 e. The van der Waals surface area contributed by atoms with E-state index >= 15 is 0 Å². The van der Waals surface area contributed by atoms with Gasteiger partial charge in [0.05, 0.1) is 10.6 Å². The third-order valence-electron chi connectivity index (χ3n) is 4.52. The summed E-state index contributed by atoms with van der Waals surface area (Å²) in [6.45, 7) is 6.65. The van der Waals surface area contributed by atoms with Crippen LogP contribution in [0.4, 0.5) is 0 Å². The molecule has 1 aromatic rings. The Bertz CT molecular complexity index is 435. The highest BCUT2D eigenvalue weighted by Gasteiger charge is 2.42. The maximum absolute atomic E-state index is 11.2. The molecule has 1 heterocycles. The van der Waals surface area contributed by atoms with Gasteiger partial charge >= 0.3 is 0 Å². The van der Waals surface area contributed by atoms with Crippen LogP contribution in [0, 0.1) is 17.8 Å². The molecule has 0 saturated heterocycles. The molecule has 0 bridgehead atoms. The number of pyridine rings is 1. The zero-order valence-electron chi connectivity index (χ0n) is 12.1. The first-order valence-electron chi connectivity index (χ1n) is 7.23. The van der Waals surface area contributed by atoms with Gasteiger partial charge in [-0.15, -0.1) is 0 Å². The molecular weight excluding hydrogens is 258 g/mol. The van der Waals surface area contributed by atoms with E-state index in [0.29, 0.717) is 29.2 Å². The predicted octanol–water partition coefficient (Wildman–Crippen LogP) is 4.10. The summed E-state index contributed by atoms with van der Waals surface area (Å²) < 4.78 is 0. The zero-order valence-corrected chi connectivity index (χ0v) is 12.8. The lowest BCUT2D eigenvalue weighted by molar-refractivity contribution is -0.0795. The van der Waals surface area contributed by atoms with Crippen LogP contribution in [0.1, 0.15) is 45.6 Å². The fourth-order valence-electron chi connectivity index (χ4n) is 3.62. The first-order chi connectivity index (χ1) is 8.92. The van der Waals surface area contributed by atoms with Gasteiger partial charge in [0.2, 0.25) is 0 Å². The molecule has 1 N–H and O–H groups in total. The second-order valence-electron chi connectivity index (χ2n) is 6.48.